The van der Waals surface area contributed by atoms with Gasteiger partial charge in [-0.25, -0.2) is 15.0 Å². The summed E-state index contributed by atoms with van der Waals surface area (Å²) < 4.78 is 10.7. The topological polar surface area (TPSA) is 94.1 Å². The summed E-state index contributed by atoms with van der Waals surface area (Å²) in [6, 6.07) is 9.85. The normalized spacial score (nSPS) is 20.1. The standard InChI is InChI=1S/C24H28N4O5/c1-3-15-32-28-21(29)16-20(22(30)31-2)24(28)9-13-27(14-10-24)17-18-5-7-19(8-6-18)33-23-25-11-4-12-26-23/h3-8,11-12,20H,1,9-10,13-17H2,2H3. The first-order valence-corrected chi connectivity index (χ1v) is 11.0. The average molecular weight is 453 g/mol. The number of ether oxygens (including phenoxy) is 2. The van der Waals surface area contributed by atoms with Gasteiger partial charge in [0.2, 0.25) is 5.91 Å². The van der Waals surface area contributed by atoms with Crippen LogP contribution in [0, 0.1) is 5.92 Å². The van der Waals surface area contributed by atoms with E-state index in [2.05, 4.69) is 21.4 Å². The van der Waals surface area contributed by atoms with Crippen molar-refractivity contribution in [2.75, 3.05) is 26.8 Å². The molecule has 0 saturated carbocycles. The van der Waals surface area contributed by atoms with E-state index >= 15 is 0 Å². The maximum atomic E-state index is 12.6. The monoisotopic (exact) mass is 452 g/mol. The maximum absolute atomic E-state index is 12.6. The highest BCUT2D eigenvalue weighted by Gasteiger charge is 2.58. The number of nitrogens with zero attached hydrogens (tertiary/aromatic N) is 4. The molecule has 174 valence electrons. The van der Waals surface area contributed by atoms with Crippen LogP contribution >= 0.6 is 0 Å². The Kier molecular flexibility index (Phi) is 7.00. The van der Waals surface area contributed by atoms with Crippen LogP contribution in [0.4, 0.5) is 0 Å². The van der Waals surface area contributed by atoms with Crippen molar-refractivity contribution in [1.82, 2.24) is 19.9 Å². The fourth-order valence-corrected chi connectivity index (χ4v) is 4.62. The van der Waals surface area contributed by atoms with Crippen LogP contribution in [0.15, 0.2) is 55.4 Å². The van der Waals surface area contributed by atoms with Crippen molar-refractivity contribution in [1.29, 1.82) is 0 Å². The molecule has 0 bridgehead atoms. The van der Waals surface area contributed by atoms with Crippen LogP contribution < -0.4 is 4.74 Å². The summed E-state index contributed by atoms with van der Waals surface area (Å²) in [5.41, 5.74) is 0.455. The van der Waals surface area contributed by atoms with Crippen LogP contribution in [0.5, 0.6) is 11.8 Å². The molecule has 33 heavy (non-hydrogen) atoms. The molecule has 1 aromatic heterocycles. The van der Waals surface area contributed by atoms with Crippen LogP contribution in [-0.4, -0.2) is 64.2 Å². The summed E-state index contributed by atoms with van der Waals surface area (Å²) in [7, 11) is 1.36. The smallest absolute Gasteiger partial charge is 0.321 e. The van der Waals surface area contributed by atoms with Gasteiger partial charge in [0.1, 0.15) is 5.75 Å². The van der Waals surface area contributed by atoms with Gasteiger partial charge in [0, 0.05) is 38.4 Å². The minimum absolute atomic E-state index is 0.108. The minimum atomic E-state index is -0.683. The van der Waals surface area contributed by atoms with Crippen molar-refractivity contribution >= 4 is 11.9 Å². The predicted molar refractivity (Wildman–Crippen MR) is 119 cm³/mol. The molecule has 2 saturated heterocycles. The van der Waals surface area contributed by atoms with Gasteiger partial charge in [0.25, 0.3) is 0 Å². The highest BCUT2D eigenvalue weighted by atomic mass is 16.7. The van der Waals surface area contributed by atoms with Gasteiger partial charge in [0.15, 0.2) is 0 Å². The molecule has 1 atom stereocenters. The lowest BCUT2D eigenvalue weighted by molar-refractivity contribution is -0.218. The van der Waals surface area contributed by atoms with E-state index in [4.69, 9.17) is 14.3 Å². The Morgan fingerprint density at radius 1 is 1.21 bits per heavy atom. The number of methoxy groups -OCH3 is 1. The number of rotatable bonds is 8. The van der Waals surface area contributed by atoms with E-state index in [0.717, 1.165) is 25.2 Å². The van der Waals surface area contributed by atoms with Gasteiger partial charge in [0.05, 0.1) is 25.2 Å². The van der Waals surface area contributed by atoms with Crippen LogP contribution in [0.2, 0.25) is 0 Å². The molecule has 1 aromatic carbocycles. The molecule has 1 amide bonds. The molecule has 1 spiro atoms. The van der Waals surface area contributed by atoms with E-state index < -0.39 is 11.5 Å². The second-order valence-electron chi connectivity index (χ2n) is 8.21. The van der Waals surface area contributed by atoms with E-state index in [1.165, 1.54) is 12.2 Å². The molecular formula is C24H28N4O5. The third-order valence-electron chi connectivity index (χ3n) is 6.27. The molecule has 9 nitrogen and oxygen atoms in total. The number of carbonyl (C=O) groups is 2. The Morgan fingerprint density at radius 2 is 1.91 bits per heavy atom. The van der Waals surface area contributed by atoms with Crippen molar-refractivity contribution in [3.05, 3.63) is 60.9 Å². The number of hydroxylamine groups is 2. The molecule has 0 radical (unpaired) electrons. The van der Waals surface area contributed by atoms with Gasteiger partial charge in [-0.05, 0) is 36.6 Å². The Morgan fingerprint density at radius 3 is 2.55 bits per heavy atom. The summed E-state index contributed by atoms with van der Waals surface area (Å²) >= 11 is 0. The zero-order valence-electron chi connectivity index (χ0n) is 18.7. The lowest BCUT2D eigenvalue weighted by Crippen LogP contribution is -2.57. The first-order valence-electron chi connectivity index (χ1n) is 11.0. The van der Waals surface area contributed by atoms with E-state index in [-0.39, 0.29) is 24.9 Å². The molecule has 2 aliphatic rings. The Labute approximate surface area is 192 Å². The highest BCUT2D eigenvalue weighted by Crippen LogP contribution is 2.44. The number of likely N-dealkylation sites (tertiary alicyclic amines) is 1. The molecule has 4 rings (SSSR count). The number of carbonyl (C=O) groups excluding carboxylic acids is 2. The van der Waals surface area contributed by atoms with E-state index in [0.29, 0.717) is 24.6 Å². The van der Waals surface area contributed by atoms with Crippen molar-refractivity contribution in [2.24, 2.45) is 5.92 Å². The number of hydrogen-bond donors (Lipinski definition) is 0. The number of esters is 1. The highest BCUT2D eigenvalue weighted by molar-refractivity contribution is 5.88. The Hall–Kier alpha value is -3.30. The molecule has 0 N–H and O–H groups in total. The molecule has 2 aromatic rings. The summed E-state index contributed by atoms with van der Waals surface area (Å²) in [4.78, 5) is 41.3. The molecule has 1 unspecified atom stereocenters. The van der Waals surface area contributed by atoms with E-state index in [1.807, 2.05) is 24.3 Å². The summed E-state index contributed by atoms with van der Waals surface area (Å²) in [6.45, 7) is 6.08. The second kappa shape index (κ2) is 10.1. The zero-order valence-corrected chi connectivity index (χ0v) is 18.7. The third kappa shape index (κ3) is 4.89. The predicted octanol–water partition coefficient (Wildman–Crippen LogP) is 2.74. The quantitative estimate of drug-likeness (QED) is 0.446. The number of hydrogen-bond acceptors (Lipinski definition) is 8. The van der Waals surface area contributed by atoms with Crippen LogP contribution in [0.1, 0.15) is 24.8 Å². The number of aromatic nitrogens is 2. The lowest BCUT2D eigenvalue weighted by Gasteiger charge is -2.45. The van der Waals surface area contributed by atoms with Gasteiger partial charge < -0.3 is 9.47 Å². The Balaban J connectivity index is 1.40. The van der Waals surface area contributed by atoms with Crippen molar-refractivity contribution in [3.63, 3.8) is 0 Å². The van der Waals surface area contributed by atoms with Crippen LogP contribution in [0.25, 0.3) is 0 Å². The first kappa shape index (κ1) is 22.9. The van der Waals surface area contributed by atoms with Crippen molar-refractivity contribution in [3.8, 4) is 11.8 Å². The SMILES string of the molecule is C=CCON1C(=O)CC(C(=O)OC)C12CCN(Cc1ccc(Oc3ncccn3)cc1)CC2. The van der Waals surface area contributed by atoms with Crippen LogP contribution in [0.3, 0.4) is 0 Å². The van der Waals surface area contributed by atoms with Crippen molar-refractivity contribution < 1.29 is 23.9 Å². The molecule has 2 fully saturated rings. The summed E-state index contributed by atoms with van der Waals surface area (Å²) in [5.74, 6) is -0.403. The maximum Gasteiger partial charge on any atom is 0.321 e. The fraction of sp³-hybridized carbons (Fsp3) is 0.417. The van der Waals surface area contributed by atoms with Gasteiger partial charge in [-0.1, -0.05) is 18.2 Å². The lowest BCUT2D eigenvalue weighted by atomic mass is 9.77. The van der Waals surface area contributed by atoms with E-state index in [9.17, 15) is 9.59 Å². The molecule has 0 aliphatic carbocycles. The molecule has 2 aliphatic heterocycles. The molecule has 3 heterocycles. The zero-order chi connectivity index (χ0) is 23.3. The van der Waals surface area contributed by atoms with Gasteiger partial charge in [-0.2, -0.15) is 0 Å². The van der Waals surface area contributed by atoms with Gasteiger partial charge in [-0.3, -0.25) is 19.3 Å². The number of piperidine rings is 1. The first-order chi connectivity index (χ1) is 16.1. The Bertz CT molecular complexity index is 974. The van der Waals surface area contributed by atoms with E-state index in [1.54, 1.807) is 24.5 Å². The second-order valence-corrected chi connectivity index (χ2v) is 8.21. The largest absolute Gasteiger partial charge is 0.469 e. The average Bonchev–Trinajstić information content (AvgIpc) is 3.11. The number of benzene rings is 1. The number of amides is 1. The van der Waals surface area contributed by atoms with Gasteiger partial charge >= 0.3 is 12.0 Å². The summed E-state index contributed by atoms with van der Waals surface area (Å²) in [6.07, 6.45) is 6.22. The molecular weight excluding hydrogens is 424 g/mol. The van der Waals surface area contributed by atoms with Crippen molar-refractivity contribution in [2.45, 2.75) is 31.3 Å². The minimum Gasteiger partial charge on any atom is -0.469 e. The third-order valence-corrected chi connectivity index (χ3v) is 6.27. The fourth-order valence-electron chi connectivity index (χ4n) is 4.62. The van der Waals surface area contributed by atoms with Crippen LogP contribution in [-0.2, 0) is 25.7 Å². The molecule has 9 heteroatoms. The van der Waals surface area contributed by atoms with Gasteiger partial charge in [-0.15, -0.1) is 6.58 Å². The summed E-state index contributed by atoms with van der Waals surface area (Å²) in [5, 5.41) is 1.42.